The van der Waals surface area contributed by atoms with Crippen LogP contribution >= 0.6 is 0 Å². The van der Waals surface area contributed by atoms with Gasteiger partial charge in [0, 0.05) is 13.6 Å². The van der Waals surface area contributed by atoms with Gasteiger partial charge in [0.25, 0.3) is 0 Å². The molecule has 0 saturated heterocycles. The number of amides is 2. The maximum atomic E-state index is 11.5. The molecule has 0 bridgehead atoms. The van der Waals surface area contributed by atoms with Gasteiger partial charge in [-0.15, -0.1) is 0 Å². The third-order valence-corrected chi connectivity index (χ3v) is 1.97. The van der Waals surface area contributed by atoms with Gasteiger partial charge >= 0.3 is 12.0 Å². The van der Waals surface area contributed by atoms with E-state index < -0.39 is 5.97 Å². The zero-order chi connectivity index (χ0) is 12.8. The Kier molecular flexibility index (Phi) is 4.44. The summed E-state index contributed by atoms with van der Waals surface area (Å²) < 4.78 is 4.80. The minimum absolute atomic E-state index is 0.0937. The first-order chi connectivity index (χ1) is 7.99. The lowest BCUT2D eigenvalue weighted by atomic mass is 10.4. The zero-order valence-corrected chi connectivity index (χ0v) is 9.63. The van der Waals surface area contributed by atoms with Crippen LogP contribution in [0, 0.1) is 6.92 Å². The van der Waals surface area contributed by atoms with E-state index in [1.807, 2.05) is 0 Å². The summed E-state index contributed by atoms with van der Waals surface area (Å²) >= 11 is 0. The van der Waals surface area contributed by atoms with E-state index >= 15 is 0 Å². The fourth-order valence-electron chi connectivity index (χ4n) is 1.06. The van der Waals surface area contributed by atoms with Crippen molar-refractivity contribution in [2.75, 3.05) is 13.6 Å². The van der Waals surface area contributed by atoms with Gasteiger partial charge in [-0.2, -0.15) is 4.98 Å². The Morgan fingerprint density at radius 2 is 2.24 bits per heavy atom. The average Bonchev–Trinajstić information content (AvgIpc) is 2.68. The number of aromatic nitrogens is 2. The van der Waals surface area contributed by atoms with Crippen molar-refractivity contribution in [3.05, 3.63) is 11.7 Å². The second kappa shape index (κ2) is 5.83. The third kappa shape index (κ3) is 4.49. The first kappa shape index (κ1) is 12.9. The molecule has 0 spiro atoms. The second-order valence-electron chi connectivity index (χ2n) is 3.46. The Balaban J connectivity index is 2.31. The summed E-state index contributed by atoms with van der Waals surface area (Å²) in [6, 6.07) is -0.387. The molecule has 0 aliphatic rings. The van der Waals surface area contributed by atoms with Gasteiger partial charge in [-0.25, -0.2) is 4.79 Å². The Morgan fingerprint density at radius 3 is 2.76 bits per heavy atom. The van der Waals surface area contributed by atoms with Crippen LogP contribution in [0.4, 0.5) is 4.79 Å². The summed E-state index contributed by atoms with van der Waals surface area (Å²) in [6.45, 7) is 1.94. The number of aryl methyl sites for hydroxylation is 1. The number of carboxylic acid groups (broad SMARTS) is 1. The minimum atomic E-state index is -0.947. The van der Waals surface area contributed by atoms with Crippen LogP contribution in [0.1, 0.15) is 18.1 Å². The molecule has 17 heavy (non-hydrogen) atoms. The van der Waals surface area contributed by atoms with Crippen molar-refractivity contribution >= 4 is 12.0 Å². The molecule has 2 N–H and O–H groups in total. The van der Waals surface area contributed by atoms with Crippen molar-refractivity contribution in [3.8, 4) is 0 Å². The Hall–Kier alpha value is -2.12. The molecule has 0 radical (unpaired) electrons. The molecule has 0 atom stereocenters. The quantitative estimate of drug-likeness (QED) is 0.751. The fourth-order valence-corrected chi connectivity index (χ4v) is 1.06. The highest BCUT2D eigenvalue weighted by Crippen LogP contribution is 1.96. The molecule has 1 heterocycles. The van der Waals surface area contributed by atoms with Gasteiger partial charge in [0.1, 0.15) is 0 Å². The first-order valence-corrected chi connectivity index (χ1v) is 4.99. The molecule has 1 aromatic heterocycles. The highest BCUT2D eigenvalue weighted by molar-refractivity contribution is 5.74. The van der Waals surface area contributed by atoms with E-state index in [4.69, 9.17) is 9.63 Å². The predicted octanol–water partition coefficient (Wildman–Crippen LogP) is -0.00588. The van der Waals surface area contributed by atoms with Gasteiger partial charge in [0.2, 0.25) is 5.89 Å². The van der Waals surface area contributed by atoms with Crippen LogP contribution in [0.5, 0.6) is 0 Å². The molecule has 0 aliphatic carbocycles. The molecule has 1 aromatic rings. The molecule has 0 saturated carbocycles. The largest absolute Gasteiger partial charge is 0.481 e. The minimum Gasteiger partial charge on any atom is -0.481 e. The highest BCUT2D eigenvalue weighted by atomic mass is 16.5. The molecular formula is C9H14N4O4. The Bertz CT molecular complexity index is 403. The summed E-state index contributed by atoms with van der Waals surface area (Å²) in [7, 11) is 1.51. The molecule has 0 aromatic carbocycles. The maximum Gasteiger partial charge on any atom is 0.317 e. The first-order valence-electron chi connectivity index (χ1n) is 4.99. The highest BCUT2D eigenvalue weighted by Gasteiger charge is 2.11. The van der Waals surface area contributed by atoms with Gasteiger partial charge in [-0.05, 0) is 6.92 Å². The molecule has 0 aliphatic heterocycles. The second-order valence-corrected chi connectivity index (χ2v) is 3.46. The van der Waals surface area contributed by atoms with Gasteiger partial charge in [-0.3, -0.25) is 4.79 Å². The monoisotopic (exact) mass is 242 g/mol. The average molecular weight is 242 g/mol. The van der Waals surface area contributed by atoms with Crippen LogP contribution in [0.25, 0.3) is 0 Å². The van der Waals surface area contributed by atoms with E-state index in [2.05, 4.69) is 15.5 Å². The fraction of sp³-hybridized carbons (Fsp3) is 0.556. The van der Waals surface area contributed by atoms with E-state index in [0.717, 1.165) is 0 Å². The van der Waals surface area contributed by atoms with E-state index in [1.165, 1.54) is 11.9 Å². The molecule has 94 valence electrons. The van der Waals surface area contributed by atoms with Crippen molar-refractivity contribution in [1.29, 1.82) is 0 Å². The number of nitrogens with one attached hydrogen (secondary N) is 1. The Morgan fingerprint density at radius 1 is 1.53 bits per heavy atom. The van der Waals surface area contributed by atoms with Crippen LogP contribution in [-0.4, -0.2) is 45.7 Å². The number of carboxylic acids is 1. The number of hydrogen-bond acceptors (Lipinski definition) is 5. The summed E-state index contributed by atoms with van der Waals surface area (Å²) in [5.74, 6) is -0.145. The van der Waals surface area contributed by atoms with Gasteiger partial charge in [-0.1, -0.05) is 5.16 Å². The summed E-state index contributed by atoms with van der Waals surface area (Å²) in [4.78, 5) is 27.0. The van der Waals surface area contributed by atoms with E-state index in [9.17, 15) is 9.59 Å². The van der Waals surface area contributed by atoms with Crippen LogP contribution in [0.3, 0.4) is 0 Å². The number of rotatable bonds is 5. The number of carbonyl (C=O) groups is 2. The maximum absolute atomic E-state index is 11.5. The van der Waals surface area contributed by atoms with Crippen LogP contribution in [-0.2, 0) is 11.3 Å². The molecule has 2 amide bonds. The number of hydrogen-bond donors (Lipinski definition) is 2. The van der Waals surface area contributed by atoms with E-state index in [0.29, 0.717) is 11.7 Å². The zero-order valence-electron chi connectivity index (χ0n) is 9.63. The molecule has 0 fully saturated rings. The molecule has 8 nitrogen and oxygen atoms in total. The van der Waals surface area contributed by atoms with Crippen molar-refractivity contribution < 1.29 is 19.2 Å². The van der Waals surface area contributed by atoms with Gasteiger partial charge in [0.15, 0.2) is 5.82 Å². The van der Waals surface area contributed by atoms with E-state index in [1.54, 1.807) is 6.92 Å². The number of carbonyl (C=O) groups excluding carboxylic acids is 1. The summed E-state index contributed by atoms with van der Waals surface area (Å²) in [6.07, 6.45) is -0.0937. The van der Waals surface area contributed by atoms with Gasteiger partial charge in [0.05, 0.1) is 13.0 Å². The molecule has 0 unspecified atom stereocenters. The predicted molar refractivity (Wildman–Crippen MR) is 56.2 cm³/mol. The number of nitrogens with zero attached hydrogens (tertiary/aromatic N) is 3. The lowest BCUT2D eigenvalue weighted by molar-refractivity contribution is -0.137. The van der Waals surface area contributed by atoms with Crippen molar-refractivity contribution in [3.63, 3.8) is 0 Å². The third-order valence-electron chi connectivity index (χ3n) is 1.97. The van der Waals surface area contributed by atoms with E-state index in [-0.39, 0.29) is 25.5 Å². The summed E-state index contributed by atoms with van der Waals surface area (Å²) in [5, 5.41) is 14.6. The lowest BCUT2D eigenvalue weighted by Gasteiger charge is -2.15. The standard InChI is InChI=1S/C9H14N4O4/c1-6-11-7(17-12-6)5-10-9(16)13(2)4-3-8(14)15/h3-5H2,1-2H3,(H,10,16)(H,14,15). The molecular weight excluding hydrogens is 228 g/mol. The van der Waals surface area contributed by atoms with Crippen LogP contribution in [0.15, 0.2) is 4.52 Å². The van der Waals surface area contributed by atoms with Gasteiger partial charge < -0.3 is 19.8 Å². The van der Waals surface area contributed by atoms with Crippen LogP contribution < -0.4 is 5.32 Å². The molecule has 8 heteroatoms. The molecule has 1 rings (SSSR count). The smallest absolute Gasteiger partial charge is 0.317 e. The number of urea groups is 1. The van der Waals surface area contributed by atoms with Crippen LogP contribution in [0.2, 0.25) is 0 Å². The summed E-state index contributed by atoms with van der Waals surface area (Å²) in [5.41, 5.74) is 0. The Labute approximate surface area is 97.6 Å². The normalized spacial score (nSPS) is 10.0. The number of aliphatic carboxylic acids is 1. The van der Waals surface area contributed by atoms with Crippen molar-refractivity contribution in [1.82, 2.24) is 20.4 Å². The van der Waals surface area contributed by atoms with Crippen molar-refractivity contribution in [2.24, 2.45) is 0 Å². The SMILES string of the molecule is Cc1noc(CNC(=O)N(C)CCC(=O)O)n1. The van der Waals surface area contributed by atoms with Crippen molar-refractivity contribution in [2.45, 2.75) is 19.9 Å². The lowest BCUT2D eigenvalue weighted by Crippen LogP contribution is -2.38. The topological polar surface area (TPSA) is 109 Å².